The lowest BCUT2D eigenvalue weighted by Crippen LogP contribution is -2.49. The molecule has 1 saturated carbocycles. The topological polar surface area (TPSA) is 91.4 Å². The number of aliphatic hydroxyl groups excluding tert-OH is 1. The first-order valence-electron chi connectivity index (χ1n) is 9.94. The van der Waals surface area contributed by atoms with Crippen LogP contribution in [-0.2, 0) is 0 Å². The highest BCUT2D eigenvalue weighted by Crippen LogP contribution is 2.24. The molecule has 0 spiro atoms. The number of H-pyrrole nitrogens is 1. The van der Waals surface area contributed by atoms with E-state index < -0.39 is 29.7 Å². The summed E-state index contributed by atoms with van der Waals surface area (Å²) in [4.78, 5) is 27.9. The minimum Gasteiger partial charge on any atom is -0.488 e. The van der Waals surface area contributed by atoms with Gasteiger partial charge in [-0.25, -0.2) is 0 Å². The molecule has 0 bridgehead atoms. The monoisotopic (exact) mass is 392 g/mol. The Balaban J connectivity index is 1.52. The van der Waals surface area contributed by atoms with Gasteiger partial charge in [0.2, 0.25) is 0 Å². The van der Waals surface area contributed by atoms with Gasteiger partial charge in [-0.05, 0) is 48.9 Å². The van der Waals surface area contributed by atoms with E-state index in [4.69, 9.17) is 4.74 Å². The summed E-state index contributed by atoms with van der Waals surface area (Å²) in [6.45, 7) is 0. The molecule has 1 aromatic heterocycles. The number of nitrogens with one attached hydrogen (secondary N) is 2. The van der Waals surface area contributed by atoms with Crippen LogP contribution in [0.15, 0.2) is 65.5 Å². The Morgan fingerprint density at radius 3 is 2.59 bits per heavy atom. The molecular weight excluding hydrogens is 368 g/mol. The lowest BCUT2D eigenvalue weighted by molar-refractivity contribution is 0.0129. The number of amides is 1. The number of rotatable bonds is 4. The van der Waals surface area contributed by atoms with Crippen LogP contribution in [0.4, 0.5) is 0 Å². The van der Waals surface area contributed by atoms with E-state index in [0.717, 1.165) is 18.2 Å². The highest BCUT2D eigenvalue weighted by Gasteiger charge is 2.33. The molecule has 0 radical (unpaired) electrons. The summed E-state index contributed by atoms with van der Waals surface area (Å²) >= 11 is 0. The van der Waals surface area contributed by atoms with Gasteiger partial charge in [0, 0.05) is 5.52 Å². The molecule has 3 N–H and O–H groups in total. The predicted molar refractivity (Wildman–Crippen MR) is 111 cm³/mol. The van der Waals surface area contributed by atoms with Crippen LogP contribution in [-0.4, -0.2) is 34.2 Å². The number of fused-ring (bicyclic) bond motifs is 1. The average Bonchev–Trinajstić information content (AvgIpc) is 2.90. The molecule has 0 aliphatic heterocycles. The molecule has 3 atom stereocenters. The maximum absolute atomic E-state index is 12.8. The number of carbonyl (C=O) groups is 1. The minimum atomic E-state index is -0.860. The van der Waals surface area contributed by atoms with Crippen LogP contribution < -0.4 is 15.6 Å². The zero-order valence-corrected chi connectivity index (χ0v) is 16.0. The normalized spacial score (nSPS) is 22.0. The minimum absolute atomic E-state index is 0.0423. The van der Waals surface area contributed by atoms with Crippen molar-refractivity contribution in [2.45, 2.75) is 43.9 Å². The van der Waals surface area contributed by atoms with Crippen LogP contribution in [0, 0.1) is 0 Å². The van der Waals surface area contributed by atoms with Gasteiger partial charge in [0.05, 0.1) is 6.04 Å². The quantitative estimate of drug-likeness (QED) is 0.595. The third kappa shape index (κ3) is 4.32. The first-order valence-corrected chi connectivity index (χ1v) is 9.94. The molecule has 1 aliphatic rings. The Bertz CT molecular complexity index is 1050. The standard InChI is InChI=1S/C23H24N2O4/c26-21-19(12-6-7-13-20(21)29-16-9-2-1-3-10-16)25-23(28)17-14-15-8-4-5-11-18(15)24-22(17)27/h1-5,8-11,14,19-21,26H,6-7,12-13H2,(H,24,27)(H,25,28)/t19-,20-,21-/m1/s1. The highest BCUT2D eigenvalue weighted by molar-refractivity contribution is 5.97. The van der Waals surface area contributed by atoms with Crippen molar-refractivity contribution in [1.29, 1.82) is 0 Å². The number of aromatic nitrogens is 1. The fourth-order valence-electron chi connectivity index (χ4n) is 3.83. The number of hydrogen-bond acceptors (Lipinski definition) is 4. The Kier molecular flexibility index (Phi) is 5.62. The van der Waals surface area contributed by atoms with Crippen molar-refractivity contribution in [2.75, 3.05) is 0 Å². The number of carbonyl (C=O) groups excluding carboxylic acids is 1. The van der Waals surface area contributed by atoms with E-state index in [2.05, 4.69) is 10.3 Å². The molecule has 29 heavy (non-hydrogen) atoms. The van der Waals surface area contributed by atoms with Crippen LogP contribution in [0.5, 0.6) is 5.75 Å². The second kappa shape index (κ2) is 8.49. The zero-order valence-electron chi connectivity index (χ0n) is 16.0. The van der Waals surface area contributed by atoms with Crippen LogP contribution >= 0.6 is 0 Å². The molecule has 0 saturated heterocycles. The Labute approximate surface area is 168 Å². The summed E-state index contributed by atoms with van der Waals surface area (Å²) in [6.07, 6.45) is 1.83. The zero-order chi connectivity index (χ0) is 20.2. The maximum Gasteiger partial charge on any atom is 0.261 e. The molecule has 1 fully saturated rings. The molecule has 1 amide bonds. The van der Waals surface area contributed by atoms with Gasteiger partial charge < -0.3 is 20.1 Å². The highest BCUT2D eigenvalue weighted by atomic mass is 16.5. The third-order valence-electron chi connectivity index (χ3n) is 5.39. The molecule has 150 valence electrons. The number of hydrogen-bond donors (Lipinski definition) is 3. The second-order valence-electron chi connectivity index (χ2n) is 7.42. The third-order valence-corrected chi connectivity index (χ3v) is 5.39. The maximum atomic E-state index is 12.8. The van der Waals surface area contributed by atoms with Gasteiger partial charge in [-0.1, -0.05) is 42.8 Å². The number of benzene rings is 2. The number of aromatic amines is 1. The van der Waals surface area contributed by atoms with E-state index in [0.29, 0.717) is 24.1 Å². The summed E-state index contributed by atoms with van der Waals surface area (Å²) in [7, 11) is 0. The van der Waals surface area contributed by atoms with Gasteiger partial charge in [-0.15, -0.1) is 0 Å². The molecule has 4 rings (SSSR count). The van der Waals surface area contributed by atoms with Crippen molar-refractivity contribution in [1.82, 2.24) is 10.3 Å². The van der Waals surface area contributed by atoms with Gasteiger partial charge in [0.1, 0.15) is 23.5 Å². The van der Waals surface area contributed by atoms with E-state index in [1.807, 2.05) is 48.5 Å². The van der Waals surface area contributed by atoms with Gasteiger partial charge in [0.15, 0.2) is 0 Å². The number of ether oxygens (including phenoxy) is 1. The lowest BCUT2D eigenvalue weighted by Gasteiger charge is -2.28. The predicted octanol–water partition coefficient (Wildman–Crippen LogP) is 3.01. The van der Waals surface area contributed by atoms with Crippen molar-refractivity contribution in [2.24, 2.45) is 0 Å². The fourth-order valence-corrected chi connectivity index (χ4v) is 3.83. The van der Waals surface area contributed by atoms with E-state index in [-0.39, 0.29) is 5.56 Å². The van der Waals surface area contributed by atoms with Gasteiger partial charge in [0.25, 0.3) is 11.5 Å². The van der Waals surface area contributed by atoms with Crippen molar-refractivity contribution in [3.05, 3.63) is 76.6 Å². The van der Waals surface area contributed by atoms with Gasteiger partial charge in [-0.2, -0.15) is 0 Å². The van der Waals surface area contributed by atoms with Crippen LogP contribution in [0.25, 0.3) is 10.9 Å². The van der Waals surface area contributed by atoms with E-state index >= 15 is 0 Å². The van der Waals surface area contributed by atoms with Crippen molar-refractivity contribution in [3.8, 4) is 5.75 Å². The van der Waals surface area contributed by atoms with Gasteiger partial charge in [-0.3, -0.25) is 9.59 Å². The molecule has 6 heteroatoms. The molecule has 1 heterocycles. The summed E-state index contributed by atoms with van der Waals surface area (Å²) < 4.78 is 5.98. The molecule has 0 unspecified atom stereocenters. The van der Waals surface area contributed by atoms with E-state index in [1.54, 1.807) is 12.1 Å². The lowest BCUT2D eigenvalue weighted by atomic mass is 10.0. The first kappa shape index (κ1) is 19.2. The van der Waals surface area contributed by atoms with Gasteiger partial charge >= 0.3 is 0 Å². The van der Waals surface area contributed by atoms with Crippen LogP contribution in [0.3, 0.4) is 0 Å². The largest absolute Gasteiger partial charge is 0.488 e. The van der Waals surface area contributed by atoms with Crippen molar-refractivity contribution >= 4 is 16.8 Å². The molecule has 2 aromatic carbocycles. The number of para-hydroxylation sites is 2. The average molecular weight is 392 g/mol. The Hall–Kier alpha value is -3.12. The molecule has 1 aliphatic carbocycles. The van der Waals surface area contributed by atoms with Crippen LogP contribution in [0.1, 0.15) is 36.0 Å². The summed E-state index contributed by atoms with van der Waals surface area (Å²) in [5.41, 5.74) is 0.280. The Morgan fingerprint density at radius 1 is 1.03 bits per heavy atom. The van der Waals surface area contributed by atoms with Crippen molar-refractivity contribution < 1.29 is 14.6 Å². The summed E-state index contributed by atoms with van der Waals surface area (Å²) in [5, 5.41) is 14.5. The molecule has 3 aromatic rings. The Morgan fingerprint density at radius 2 is 1.76 bits per heavy atom. The SMILES string of the molecule is O=C(N[C@@H]1CCCC[C@@H](Oc2ccccc2)[C@@H]1O)c1cc2ccccc2[nH]c1=O. The van der Waals surface area contributed by atoms with E-state index in [9.17, 15) is 14.7 Å². The smallest absolute Gasteiger partial charge is 0.261 e. The number of pyridine rings is 1. The summed E-state index contributed by atoms with van der Waals surface area (Å²) in [6, 6.07) is 17.8. The van der Waals surface area contributed by atoms with Crippen LogP contribution in [0.2, 0.25) is 0 Å². The van der Waals surface area contributed by atoms with Crippen molar-refractivity contribution in [3.63, 3.8) is 0 Å². The fraction of sp³-hybridized carbons (Fsp3) is 0.304. The molecular formula is C23H24N2O4. The summed E-state index contributed by atoms with van der Waals surface area (Å²) in [5.74, 6) is 0.205. The molecule has 6 nitrogen and oxygen atoms in total. The van der Waals surface area contributed by atoms with E-state index in [1.165, 1.54) is 0 Å². The first-order chi connectivity index (χ1) is 14.1. The second-order valence-corrected chi connectivity index (χ2v) is 7.42. The number of aliphatic hydroxyl groups is 1.